The van der Waals surface area contributed by atoms with Gasteiger partial charge in [-0.15, -0.1) is 11.6 Å². The lowest BCUT2D eigenvalue weighted by atomic mass is 10.3. The van der Waals surface area contributed by atoms with Crippen molar-refractivity contribution >= 4 is 19.9 Å². The fourth-order valence-corrected chi connectivity index (χ4v) is 1.92. The Hall–Kier alpha value is 0.0469. The van der Waals surface area contributed by atoms with Gasteiger partial charge in [-0.1, -0.05) is 0 Å². The second-order valence-electron chi connectivity index (χ2n) is 3.68. The molecule has 0 rings (SSSR count). The molecule has 0 fully saturated rings. The van der Waals surface area contributed by atoms with E-state index in [2.05, 4.69) is 19.6 Å². The summed E-state index contributed by atoms with van der Waals surface area (Å²) in [6, 6.07) is 0. The number of allylic oxidation sites excluding steroid dienone is 2. The molecule has 0 spiro atoms. The fourth-order valence-electron chi connectivity index (χ4n) is 0.640. The molecule has 0 aliphatic carbocycles. The normalized spacial score (nSPS) is 14.4. The third-order valence-electron chi connectivity index (χ3n) is 1.26. The summed E-state index contributed by atoms with van der Waals surface area (Å²) in [6.07, 6.45) is 0. The third kappa shape index (κ3) is 5.33. The SMILES string of the molecule is CC(CCl)=C(C)O[Si](C)(C)C. The van der Waals surface area contributed by atoms with Crippen LogP contribution in [0.1, 0.15) is 13.8 Å². The van der Waals surface area contributed by atoms with Gasteiger partial charge < -0.3 is 4.43 Å². The van der Waals surface area contributed by atoms with E-state index in [9.17, 15) is 0 Å². The lowest BCUT2D eigenvalue weighted by Crippen LogP contribution is -2.24. The molecule has 0 aliphatic heterocycles. The van der Waals surface area contributed by atoms with Crippen LogP contribution in [0, 0.1) is 0 Å². The van der Waals surface area contributed by atoms with E-state index in [0.717, 1.165) is 11.3 Å². The monoisotopic (exact) mass is 192 g/mol. The van der Waals surface area contributed by atoms with Crippen molar-refractivity contribution in [3.63, 3.8) is 0 Å². The highest BCUT2D eigenvalue weighted by Gasteiger charge is 2.16. The van der Waals surface area contributed by atoms with E-state index in [1.165, 1.54) is 0 Å². The Morgan fingerprint density at radius 1 is 1.27 bits per heavy atom. The Balaban J connectivity index is 4.17. The van der Waals surface area contributed by atoms with Gasteiger partial charge in [0.15, 0.2) is 0 Å². The lowest BCUT2D eigenvalue weighted by molar-refractivity contribution is 0.418. The zero-order valence-corrected chi connectivity index (χ0v) is 9.75. The van der Waals surface area contributed by atoms with E-state index in [-0.39, 0.29) is 0 Å². The minimum atomic E-state index is -1.42. The van der Waals surface area contributed by atoms with Crippen LogP contribution in [-0.2, 0) is 4.43 Å². The predicted octanol–water partition coefficient (Wildman–Crippen LogP) is 3.37. The van der Waals surface area contributed by atoms with Crippen molar-refractivity contribution in [2.75, 3.05) is 5.88 Å². The van der Waals surface area contributed by atoms with E-state index in [1.54, 1.807) is 0 Å². The van der Waals surface area contributed by atoms with Gasteiger partial charge in [0.05, 0.1) is 5.76 Å². The first kappa shape index (κ1) is 11.0. The van der Waals surface area contributed by atoms with Crippen molar-refractivity contribution in [3.05, 3.63) is 11.3 Å². The lowest BCUT2D eigenvalue weighted by Gasteiger charge is -2.20. The molecule has 0 N–H and O–H groups in total. The molecule has 0 atom stereocenters. The maximum absolute atomic E-state index is 5.72. The largest absolute Gasteiger partial charge is 0.548 e. The maximum atomic E-state index is 5.72. The van der Waals surface area contributed by atoms with Crippen LogP contribution in [0.4, 0.5) is 0 Å². The summed E-state index contributed by atoms with van der Waals surface area (Å²) in [5.74, 6) is 1.57. The number of hydrogen-bond donors (Lipinski definition) is 0. The van der Waals surface area contributed by atoms with Crippen LogP contribution in [0.3, 0.4) is 0 Å². The van der Waals surface area contributed by atoms with E-state index in [1.807, 2.05) is 13.8 Å². The van der Waals surface area contributed by atoms with Crippen LogP contribution in [0.5, 0.6) is 0 Å². The Labute approximate surface area is 75.5 Å². The van der Waals surface area contributed by atoms with E-state index in [4.69, 9.17) is 16.0 Å². The summed E-state index contributed by atoms with van der Waals surface area (Å²) < 4.78 is 5.72. The van der Waals surface area contributed by atoms with Gasteiger partial charge in [0.25, 0.3) is 0 Å². The van der Waals surface area contributed by atoms with Crippen molar-refractivity contribution < 1.29 is 4.43 Å². The molecule has 0 bridgehead atoms. The van der Waals surface area contributed by atoms with Crippen LogP contribution in [0.2, 0.25) is 19.6 Å². The van der Waals surface area contributed by atoms with Gasteiger partial charge in [-0.3, -0.25) is 0 Å². The molecule has 0 amide bonds. The van der Waals surface area contributed by atoms with Gasteiger partial charge in [-0.05, 0) is 39.1 Å². The van der Waals surface area contributed by atoms with Crippen molar-refractivity contribution in [2.45, 2.75) is 33.5 Å². The zero-order valence-electron chi connectivity index (χ0n) is 7.99. The summed E-state index contributed by atoms with van der Waals surface area (Å²) in [5.41, 5.74) is 1.13. The minimum absolute atomic E-state index is 0.566. The summed E-state index contributed by atoms with van der Waals surface area (Å²) in [4.78, 5) is 0. The van der Waals surface area contributed by atoms with Gasteiger partial charge in [0.1, 0.15) is 0 Å². The van der Waals surface area contributed by atoms with Crippen LogP contribution in [0.25, 0.3) is 0 Å². The molecule has 0 radical (unpaired) electrons. The highest BCUT2D eigenvalue weighted by atomic mass is 35.5. The second kappa shape index (κ2) is 4.17. The summed E-state index contributed by atoms with van der Waals surface area (Å²) in [7, 11) is -1.42. The molecule has 0 saturated carbocycles. The summed E-state index contributed by atoms with van der Waals surface area (Å²) in [5, 5.41) is 0. The standard InChI is InChI=1S/C8H17ClOSi/c1-7(6-9)8(2)10-11(3,4)5/h6H2,1-5H3. The highest BCUT2D eigenvalue weighted by molar-refractivity contribution is 6.70. The van der Waals surface area contributed by atoms with E-state index in [0.29, 0.717) is 5.88 Å². The van der Waals surface area contributed by atoms with Crippen LogP contribution < -0.4 is 0 Å². The molecule has 0 aliphatic rings. The molecule has 0 heterocycles. The molecule has 66 valence electrons. The number of halogens is 1. The first-order chi connectivity index (χ1) is 4.87. The first-order valence-corrected chi connectivity index (χ1v) is 7.72. The van der Waals surface area contributed by atoms with Crippen molar-refractivity contribution in [1.29, 1.82) is 0 Å². The molecule has 1 nitrogen and oxygen atoms in total. The molecule has 0 aromatic rings. The quantitative estimate of drug-likeness (QED) is 0.379. The number of hydrogen-bond acceptors (Lipinski definition) is 1. The predicted molar refractivity (Wildman–Crippen MR) is 53.5 cm³/mol. The fraction of sp³-hybridized carbons (Fsp3) is 0.750. The van der Waals surface area contributed by atoms with E-state index >= 15 is 0 Å². The average Bonchev–Trinajstić information content (AvgIpc) is 1.82. The Morgan fingerprint density at radius 2 is 1.73 bits per heavy atom. The number of alkyl halides is 1. The van der Waals surface area contributed by atoms with Crippen LogP contribution >= 0.6 is 11.6 Å². The molecule has 11 heavy (non-hydrogen) atoms. The zero-order chi connectivity index (χ0) is 9.07. The van der Waals surface area contributed by atoms with Gasteiger partial charge >= 0.3 is 0 Å². The molecule has 3 heteroatoms. The Morgan fingerprint density at radius 3 is 2.00 bits per heavy atom. The topological polar surface area (TPSA) is 9.23 Å². The van der Waals surface area contributed by atoms with Crippen molar-refractivity contribution in [3.8, 4) is 0 Å². The van der Waals surface area contributed by atoms with Gasteiger partial charge in [-0.25, -0.2) is 0 Å². The Kier molecular flexibility index (Phi) is 4.19. The maximum Gasteiger partial charge on any atom is 0.241 e. The van der Waals surface area contributed by atoms with Crippen molar-refractivity contribution in [2.24, 2.45) is 0 Å². The Bertz CT molecular complexity index is 158. The molecule has 0 unspecified atom stereocenters. The second-order valence-corrected chi connectivity index (χ2v) is 8.38. The molecular weight excluding hydrogens is 176 g/mol. The molecule has 0 saturated heterocycles. The number of rotatable bonds is 3. The summed E-state index contributed by atoms with van der Waals surface area (Å²) in [6.45, 7) is 10.5. The molecule has 0 aromatic carbocycles. The third-order valence-corrected chi connectivity index (χ3v) is 2.58. The molecule has 0 aromatic heterocycles. The van der Waals surface area contributed by atoms with E-state index < -0.39 is 8.32 Å². The highest BCUT2D eigenvalue weighted by Crippen LogP contribution is 2.13. The minimum Gasteiger partial charge on any atom is -0.548 e. The smallest absolute Gasteiger partial charge is 0.241 e. The van der Waals surface area contributed by atoms with Gasteiger partial charge in [0.2, 0.25) is 8.32 Å². The molecular formula is C8H17ClOSi. The van der Waals surface area contributed by atoms with Crippen molar-refractivity contribution in [1.82, 2.24) is 0 Å². The van der Waals surface area contributed by atoms with Crippen LogP contribution in [-0.4, -0.2) is 14.2 Å². The summed E-state index contributed by atoms with van der Waals surface area (Å²) >= 11 is 5.65. The average molecular weight is 193 g/mol. The van der Waals surface area contributed by atoms with Crippen LogP contribution in [0.15, 0.2) is 11.3 Å². The first-order valence-electron chi connectivity index (χ1n) is 3.78. The van der Waals surface area contributed by atoms with Gasteiger partial charge in [0, 0.05) is 5.88 Å². The van der Waals surface area contributed by atoms with Gasteiger partial charge in [-0.2, -0.15) is 0 Å².